The molecule has 1 unspecified atom stereocenters. The van der Waals surface area contributed by atoms with Crippen LogP contribution in [0.3, 0.4) is 0 Å². The van der Waals surface area contributed by atoms with Crippen LogP contribution in [0.5, 0.6) is 0 Å². The van der Waals surface area contributed by atoms with Gasteiger partial charge in [0.25, 0.3) is 5.56 Å². The van der Waals surface area contributed by atoms with E-state index in [1.165, 1.54) is 0 Å². The fourth-order valence-corrected chi connectivity index (χ4v) is 4.70. The molecule has 3 heterocycles. The van der Waals surface area contributed by atoms with Crippen molar-refractivity contribution < 1.29 is 4.79 Å². The predicted octanol–water partition coefficient (Wildman–Crippen LogP) is 4.66. The quantitative estimate of drug-likeness (QED) is 0.443. The van der Waals surface area contributed by atoms with E-state index in [9.17, 15) is 9.59 Å². The SMILES string of the molecule is Cc1ccc(Cl)cc1NC(=O)C1CCCN(c2nc3cccnc3n(Cc3ccccc3)c2=O)C1. The third-order valence-electron chi connectivity index (χ3n) is 6.42. The lowest BCUT2D eigenvalue weighted by atomic mass is 9.97. The molecule has 1 saturated heterocycles. The summed E-state index contributed by atoms with van der Waals surface area (Å²) in [5.74, 6) is 0.0144. The summed E-state index contributed by atoms with van der Waals surface area (Å²) in [6.07, 6.45) is 3.20. The number of aryl methyl sites for hydroxylation is 1. The van der Waals surface area contributed by atoms with Crippen LogP contribution in [0, 0.1) is 12.8 Å². The topological polar surface area (TPSA) is 80.1 Å². The fourth-order valence-electron chi connectivity index (χ4n) is 4.53. The van der Waals surface area contributed by atoms with Crippen LogP contribution in [0.4, 0.5) is 11.5 Å². The number of hydrogen-bond acceptors (Lipinski definition) is 5. The van der Waals surface area contributed by atoms with Gasteiger partial charge in [0.15, 0.2) is 11.5 Å². The lowest BCUT2D eigenvalue weighted by molar-refractivity contribution is -0.120. The Labute approximate surface area is 208 Å². The summed E-state index contributed by atoms with van der Waals surface area (Å²) in [7, 11) is 0. The zero-order chi connectivity index (χ0) is 24.4. The summed E-state index contributed by atoms with van der Waals surface area (Å²) in [5, 5.41) is 3.59. The van der Waals surface area contributed by atoms with Crippen molar-refractivity contribution in [2.45, 2.75) is 26.3 Å². The number of anilines is 2. The van der Waals surface area contributed by atoms with Crippen LogP contribution in [0.15, 0.2) is 71.7 Å². The van der Waals surface area contributed by atoms with E-state index < -0.39 is 0 Å². The van der Waals surface area contributed by atoms with Gasteiger partial charge in [-0.15, -0.1) is 0 Å². The molecule has 0 saturated carbocycles. The van der Waals surface area contributed by atoms with E-state index in [2.05, 4.69) is 15.3 Å². The minimum Gasteiger partial charge on any atom is -0.351 e. The summed E-state index contributed by atoms with van der Waals surface area (Å²) >= 11 is 6.12. The van der Waals surface area contributed by atoms with Gasteiger partial charge in [0.1, 0.15) is 5.52 Å². The molecule has 8 heteroatoms. The van der Waals surface area contributed by atoms with Crippen molar-refractivity contribution in [1.29, 1.82) is 0 Å². The van der Waals surface area contributed by atoms with E-state index >= 15 is 0 Å². The average molecular weight is 488 g/mol. The molecule has 0 aliphatic carbocycles. The minimum absolute atomic E-state index is 0.0767. The highest BCUT2D eigenvalue weighted by Gasteiger charge is 2.29. The molecule has 4 aromatic rings. The zero-order valence-electron chi connectivity index (χ0n) is 19.4. The molecule has 0 radical (unpaired) electrons. The molecule has 2 aromatic heterocycles. The Morgan fingerprint density at radius 3 is 2.80 bits per heavy atom. The van der Waals surface area contributed by atoms with Gasteiger partial charge in [-0.2, -0.15) is 0 Å². The zero-order valence-corrected chi connectivity index (χ0v) is 20.2. The summed E-state index contributed by atoms with van der Waals surface area (Å²) in [6.45, 7) is 3.42. The largest absolute Gasteiger partial charge is 0.351 e. The van der Waals surface area contributed by atoms with E-state index in [0.29, 0.717) is 47.3 Å². The molecular weight excluding hydrogens is 462 g/mol. The molecule has 1 amide bonds. The van der Waals surface area contributed by atoms with Gasteiger partial charge in [0.2, 0.25) is 5.91 Å². The second-order valence-corrected chi connectivity index (χ2v) is 9.33. The maximum absolute atomic E-state index is 13.6. The Bertz CT molecular complexity index is 1440. The van der Waals surface area contributed by atoms with Crippen LogP contribution in [0.1, 0.15) is 24.0 Å². The second kappa shape index (κ2) is 9.88. The third-order valence-corrected chi connectivity index (χ3v) is 6.65. The number of carbonyl (C=O) groups excluding carboxylic acids is 1. The number of halogens is 1. The predicted molar refractivity (Wildman–Crippen MR) is 139 cm³/mol. The van der Waals surface area contributed by atoms with Crippen molar-refractivity contribution in [2.75, 3.05) is 23.3 Å². The Kier molecular flexibility index (Phi) is 6.51. The lowest BCUT2D eigenvalue weighted by Crippen LogP contribution is -2.44. The number of pyridine rings is 1. The van der Waals surface area contributed by atoms with Crippen LogP contribution in [-0.2, 0) is 11.3 Å². The summed E-state index contributed by atoms with van der Waals surface area (Å²) < 4.78 is 1.67. The molecule has 5 rings (SSSR count). The van der Waals surface area contributed by atoms with Crippen LogP contribution >= 0.6 is 11.6 Å². The van der Waals surface area contributed by atoms with Crippen molar-refractivity contribution in [3.05, 3.63) is 93.4 Å². The molecule has 1 aliphatic rings. The molecule has 0 spiro atoms. The Morgan fingerprint density at radius 1 is 1.14 bits per heavy atom. The smallest absolute Gasteiger partial charge is 0.295 e. The lowest BCUT2D eigenvalue weighted by Gasteiger charge is -2.32. The standard InChI is InChI=1S/C27H26ClN5O2/c1-18-11-12-21(28)15-23(18)31-26(34)20-9-6-14-32(17-20)25-27(35)33(16-19-7-3-2-4-8-19)24-22(30-25)10-5-13-29-24/h2-5,7-8,10-13,15,20H,6,9,14,16-17H2,1H3,(H,31,34). The number of piperidine rings is 1. The molecule has 7 nitrogen and oxygen atoms in total. The van der Waals surface area contributed by atoms with Gasteiger partial charge in [0.05, 0.1) is 12.5 Å². The van der Waals surface area contributed by atoms with Crippen molar-refractivity contribution in [2.24, 2.45) is 5.92 Å². The number of benzene rings is 2. The van der Waals surface area contributed by atoms with Gasteiger partial charge in [-0.05, 0) is 55.2 Å². The maximum Gasteiger partial charge on any atom is 0.295 e. The first kappa shape index (κ1) is 23.1. The van der Waals surface area contributed by atoms with Crippen molar-refractivity contribution in [3.63, 3.8) is 0 Å². The molecule has 0 bridgehead atoms. The first-order chi connectivity index (χ1) is 17.0. The maximum atomic E-state index is 13.6. The minimum atomic E-state index is -0.268. The van der Waals surface area contributed by atoms with E-state index in [1.807, 2.05) is 60.4 Å². The number of nitrogens with zero attached hydrogens (tertiary/aromatic N) is 4. The second-order valence-electron chi connectivity index (χ2n) is 8.89. The number of carbonyl (C=O) groups is 1. The van der Waals surface area contributed by atoms with Crippen molar-refractivity contribution in [3.8, 4) is 0 Å². The molecule has 1 fully saturated rings. The molecule has 1 aliphatic heterocycles. The van der Waals surface area contributed by atoms with Gasteiger partial charge in [-0.3, -0.25) is 14.2 Å². The van der Waals surface area contributed by atoms with Crippen LogP contribution in [-0.4, -0.2) is 33.5 Å². The van der Waals surface area contributed by atoms with Crippen LogP contribution in [0.25, 0.3) is 11.2 Å². The van der Waals surface area contributed by atoms with E-state index in [1.54, 1.807) is 22.9 Å². The third kappa shape index (κ3) is 4.91. The molecular formula is C27H26ClN5O2. The molecule has 178 valence electrons. The molecule has 35 heavy (non-hydrogen) atoms. The van der Waals surface area contributed by atoms with Gasteiger partial charge >= 0.3 is 0 Å². The Balaban J connectivity index is 1.44. The molecule has 1 N–H and O–H groups in total. The van der Waals surface area contributed by atoms with Gasteiger partial charge < -0.3 is 10.2 Å². The fraction of sp³-hybridized carbons (Fsp3) is 0.259. The Morgan fingerprint density at radius 2 is 1.97 bits per heavy atom. The summed E-state index contributed by atoms with van der Waals surface area (Å²) in [4.78, 5) is 37.8. The average Bonchev–Trinajstić information content (AvgIpc) is 2.88. The number of aromatic nitrogens is 3. The van der Waals surface area contributed by atoms with E-state index in [4.69, 9.17) is 11.6 Å². The highest BCUT2D eigenvalue weighted by Crippen LogP contribution is 2.25. The Hall–Kier alpha value is -3.71. The highest BCUT2D eigenvalue weighted by atomic mass is 35.5. The summed E-state index contributed by atoms with van der Waals surface area (Å²) in [5.41, 5.74) is 3.66. The van der Waals surface area contributed by atoms with Crippen molar-refractivity contribution in [1.82, 2.24) is 14.5 Å². The van der Waals surface area contributed by atoms with Gasteiger partial charge in [0, 0.05) is 30.0 Å². The summed E-state index contributed by atoms with van der Waals surface area (Å²) in [6, 6.07) is 18.9. The number of nitrogens with one attached hydrogen (secondary N) is 1. The first-order valence-corrected chi connectivity index (χ1v) is 12.1. The van der Waals surface area contributed by atoms with E-state index in [-0.39, 0.29) is 17.4 Å². The number of rotatable bonds is 5. The van der Waals surface area contributed by atoms with Crippen LogP contribution < -0.4 is 15.8 Å². The van der Waals surface area contributed by atoms with Crippen molar-refractivity contribution >= 4 is 40.2 Å². The van der Waals surface area contributed by atoms with Gasteiger partial charge in [-0.25, -0.2) is 9.97 Å². The number of hydrogen-bond donors (Lipinski definition) is 1. The molecule has 2 aromatic carbocycles. The monoisotopic (exact) mass is 487 g/mol. The highest BCUT2D eigenvalue weighted by molar-refractivity contribution is 6.31. The van der Waals surface area contributed by atoms with E-state index in [0.717, 1.165) is 24.0 Å². The van der Waals surface area contributed by atoms with Crippen LogP contribution in [0.2, 0.25) is 5.02 Å². The first-order valence-electron chi connectivity index (χ1n) is 11.7. The number of amides is 1. The molecule has 1 atom stereocenters. The van der Waals surface area contributed by atoms with Gasteiger partial charge in [-0.1, -0.05) is 48.0 Å². The normalized spacial score (nSPS) is 15.8. The number of fused-ring (bicyclic) bond motifs is 1.